The zero-order chi connectivity index (χ0) is 20.3. The molecule has 4 rings (SSSR count). The predicted octanol–water partition coefficient (Wildman–Crippen LogP) is 6.49. The van der Waals surface area contributed by atoms with Crippen LogP contribution in [0.5, 0.6) is 0 Å². The molecule has 0 unspecified atom stereocenters. The van der Waals surface area contributed by atoms with Gasteiger partial charge in [0, 0.05) is 6.54 Å². The Labute approximate surface area is 174 Å². The summed E-state index contributed by atoms with van der Waals surface area (Å²) in [6.45, 7) is 5.30. The largest absolute Gasteiger partial charge is 0.303 e. The summed E-state index contributed by atoms with van der Waals surface area (Å²) in [6.07, 6.45) is 6.23. The van der Waals surface area contributed by atoms with E-state index in [-0.39, 0.29) is 0 Å². The van der Waals surface area contributed by atoms with Crippen LogP contribution in [-0.4, -0.2) is 24.5 Å². The van der Waals surface area contributed by atoms with Crippen molar-refractivity contribution in [3.8, 4) is 0 Å². The summed E-state index contributed by atoms with van der Waals surface area (Å²) >= 11 is 0. The smallest absolute Gasteiger partial charge is 0.136 e. The van der Waals surface area contributed by atoms with Crippen LogP contribution in [-0.2, 0) is 24.2 Å². The van der Waals surface area contributed by atoms with Crippen LogP contribution < -0.4 is 0 Å². The van der Waals surface area contributed by atoms with E-state index in [0.717, 1.165) is 62.0 Å². The SMILES string of the molecule is CCCN(CCCc1c(C2(F)CC2)cccc1C1(F)CC1)CCc1ccccc1. The molecule has 0 aromatic heterocycles. The highest BCUT2D eigenvalue weighted by atomic mass is 19.1. The van der Waals surface area contributed by atoms with Crippen molar-refractivity contribution in [1.29, 1.82) is 0 Å². The fraction of sp³-hybridized carbons (Fsp3) is 0.538. The van der Waals surface area contributed by atoms with E-state index in [1.807, 2.05) is 18.2 Å². The van der Waals surface area contributed by atoms with Crippen molar-refractivity contribution >= 4 is 0 Å². The van der Waals surface area contributed by atoms with Gasteiger partial charge in [-0.1, -0.05) is 55.5 Å². The second kappa shape index (κ2) is 8.55. The van der Waals surface area contributed by atoms with E-state index in [4.69, 9.17) is 0 Å². The molecule has 2 fully saturated rings. The number of halogens is 2. The summed E-state index contributed by atoms with van der Waals surface area (Å²) in [5, 5.41) is 0. The Morgan fingerprint density at radius 3 is 1.93 bits per heavy atom. The Bertz CT molecular complexity index is 772. The molecular formula is C26H33F2N. The van der Waals surface area contributed by atoms with Crippen molar-refractivity contribution < 1.29 is 8.78 Å². The fourth-order valence-corrected chi connectivity index (χ4v) is 4.52. The van der Waals surface area contributed by atoms with E-state index >= 15 is 0 Å². The van der Waals surface area contributed by atoms with Crippen molar-refractivity contribution in [2.45, 2.75) is 69.6 Å². The molecule has 3 heteroatoms. The summed E-state index contributed by atoms with van der Waals surface area (Å²) in [4.78, 5) is 2.50. The molecule has 0 amide bonds. The van der Waals surface area contributed by atoms with Gasteiger partial charge in [0.05, 0.1) is 0 Å². The van der Waals surface area contributed by atoms with Gasteiger partial charge in [0.25, 0.3) is 0 Å². The molecule has 0 N–H and O–H groups in total. The van der Waals surface area contributed by atoms with Gasteiger partial charge in [0.15, 0.2) is 0 Å². The maximum Gasteiger partial charge on any atom is 0.136 e. The first-order valence-corrected chi connectivity index (χ1v) is 11.3. The van der Waals surface area contributed by atoms with Crippen molar-refractivity contribution in [3.05, 3.63) is 70.8 Å². The Hall–Kier alpha value is -1.74. The number of nitrogens with zero attached hydrogens (tertiary/aromatic N) is 1. The lowest BCUT2D eigenvalue weighted by Crippen LogP contribution is -2.28. The molecule has 29 heavy (non-hydrogen) atoms. The highest BCUT2D eigenvalue weighted by molar-refractivity contribution is 5.46. The quantitative estimate of drug-likeness (QED) is 0.419. The minimum atomic E-state index is -1.20. The normalized spacial score (nSPS) is 18.8. The van der Waals surface area contributed by atoms with Crippen molar-refractivity contribution in [1.82, 2.24) is 4.90 Å². The number of rotatable bonds is 11. The lowest BCUT2D eigenvalue weighted by atomic mass is 9.90. The van der Waals surface area contributed by atoms with Gasteiger partial charge in [-0.2, -0.15) is 0 Å². The van der Waals surface area contributed by atoms with Crippen LogP contribution >= 0.6 is 0 Å². The molecule has 1 nitrogen and oxygen atoms in total. The molecule has 0 spiro atoms. The van der Waals surface area contributed by atoms with Crippen LogP contribution in [0.15, 0.2) is 48.5 Å². The summed E-state index contributed by atoms with van der Waals surface area (Å²) in [6, 6.07) is 16.3. The van der Waals surface area contributed by atoms with E-state index in [2.05, 4.69) is 42.2 Å². The molecule has 0 saturated heterocycles. The topological polar surface area (TPSA) is 3.24 Å². The molecule has 156 valence electrons. The summed E-state index contributed by atoms with van der Waals surface area (Å²) in [7, 11) is 0. The molecule has 2 saturated carbocycles. The first-order valence-electron chi connectivity index (χ1n) is 11.3. The zero-order valence-electron chi connectivity index (χ0n) is 17.6. The second-order valence-electron chi connectivity index (χ2n) is 8.94. The van der Waals surface area contributed by atoms with Gasteiger partial charge in [-0.25, -0.2) is 8.78 Å². The molecule has 2 aromatic carbocycles. The molecule has 2 aliphatic rings. The third kappa shape index (κ3) is 4.88. The average Bonchev–Trinajstić information content (AvgIpc) is 3.66. The van der Waals surface area contributed by atoms with Gasteiger partial charge in [0.2, 0.25) is 0 Å². The standard InChI is InChI=1S/C26H33F2N/c1-2-18-29(20-13-21-8-4-3-5-9-21)19-7-10-22-23(25(27)14-15-25)11-6-12-24(22)26(28)16-17-26/h3-6,8-9,11-12H,2,7,10,13-20H2,1H3. The van der Waals surface area contributed by atoms with E-state index in [1.54, 1.807) is 0 Å². The summed E-state index contributed by atoms with van der Waals surface area (Å²) in [5.41, 5.74) is 1.46. The Morgan fingerprint density at radius 2 is 1.38 bits per heavy atom. The van der Waals surface area contributed by atoms with Crippen molar-refractivity contribution in [2.75, 3.05) is 19.6 Å². The fourth-order valence-electron chi connectivity index (χ4n) is 4.52. The molecule has 0 bridgehead atoms. The molecule has 2 aliphatic carbocycles. The van der Waals surface area contributed by atoms with Crippen LogP contribution in [0.25, 0.3) is 0 Å². The number of hydrogen-bond donors (Lipinski definition) is 0. The lowest BCUT2D eigenvalue weighted by Gasteiger charge is -2.23. The van der Waals surface area contributed by atoms with E-state index in [1.165, 1.54) is 5.56 Å². The third-order valence-corrected chi connectivity index (χ3v) is 6.52. The van der Waals surface area contributed by atoms with Gasteiger partial charge >= 0.3 is 0 Å². The van der Waals surface area contributed by atoms with Gasteiger partial charge in [0.1, 0.15) is 11.3 Å². The van der Waals surface area contributed by atoms with E-state index in [0.29, 0.717) is 25.7 Å². The van der Waals surface area contributed by atoms with Crippen LogP contribution in [0.2, 0.25) is 0 Å². The highest BCUT2D eigenvalue weighted by Gasteiger charge is 2.50. The van der Waals surface area contributed by atoms with E-state index < -0.39 is 11.3 Å². The zero-order valence-corrected chi connectivity index (χ0v) is 17.6. The van der Waals surface area contributed by atoms with Crippen LogP contribution in [0, 0.1) is 0 Å². The van der Waals surface area contributed by atoms with Crippen molar-refractivity contribution in [2.24, 2.45) is 0 Å². The molecule has 2 aromatic rings. The molecule has 0 aliphatic heterocycles. The third-order valence-electron chi connectivity index (χ3n) is 6.52. The van der Waals surface area contributed by atoms with Gasteiger partial charge < -0.3 is 4.90 Å². The van der Waals surface area contributed by atoms with Gasteiger partial charge in [-0.05, 0) is 86.7 Å². The Morgan fingerprint density at radius 1 is 0.759 bits per heavy atom. The van der Waals surface area contributed by atoms with Crippen LogP contribution in [0.1, 0.15) is 67.7 Å². The summed E-state index contributed by atoms with van der Waals surface area (Å²) < 4.78 is 29.9. The highest BCUT2D eigenvalue weighted by Crippen LogP contribution is 2.55. The number of benzene rings is 2. The summed E-state index contributed by atoms with van der Waals surface area (Å²) in [5.74, 6) is 0. The van der Waals surface area contributed by atoms with Crippen LogP contribution in [0.4, 0.5) is 8.78 Å². The monoisotopic (exact) mass is 397 g/mol. The average molecular weight is 398 g/mol. The molecular weight excluding hydrogens is 364 g/mol. The first kappa shape index (κ1) is 20.5. The Kier molecular flexibility index (Phi) is 6.06. The molecule has 0 heterocycles. The maximum atomic E-state index is 15.0. The van der Waals surface area contributed by atoms with Gasteiger partial charge in [-0.3, -0.25) is 0 Å². The van der Waals surface area contributed by atoms with Crippen molar-refractivity contribution in [3.63, 3.8) is 0 Å². The van der Waals surface area contributed by atoms with Crippen LogP contribution in [0.3, 0.4) is 0 Å². The minimum absolute atomic E-state index is 0.585. The first-order chi connectivity index (χ1) is 14.0. The predicted molar refractivity (Wildman–Crippen MR) is 116 cm³/mol. The second-order valence-corrected chi connectivity index (χ2v) is 8.94. The molecule has 0 radical (unpaired) electrons. The Balaban J connectivity index is 1.41. The number of hydrogen-bond acceptors (Lipinski definition) is 1. The van der Waals surface area contributed by atoms with Gasteiger partial charge in [-0.15, -0.1) is 0 Å². The lowest BCUT2D eigenvalue weighted by molar-refractivity contribution is 0.271. The van der Waals surface area contributed by atoms with E-state index in [9.17, 15) is 8.78 Å². The minimum Gasteiger partial charge on any atom is -0.303 e. The maximum absolute atomic E-state index is 15.0. The molecule has 0 atom stereocenters. The number of alkyl halides is 2.